The summed E-state index contributed by atoms with van der Waals surface area (Å²) in [7, 11) is 2.18. The van der Waals surface area contributed by atoms with Crippen molar-refractivity contribution in [2.75, 3.05) is 33.2 Å². The summed E-state index contributed by atoms with van der Waals surface area (Å²) in [6.45, 7) is 5.45. The molecule has 4 atom stereocenters. The smallest absolute Gasteiger partial charge is 0.245 e. The summed E-state index contributed by atoms with van der Waals surface area (Å²) < 4.78 is 5.57. The van der Waals surface area contributed by atoms with Crippen LogP contribution in [-0.4, -0.2) is 79.1 Å². The van der Waals surface area contributed by atoms with Gasteiger partial charge in [-0.1, -0.05) is 48.5 Å². The van der Waals surface area contributed by atoms with E-state index < -0.39 is 17.7 Å². The Morgan fingerprint density at radius 2 is 1.78 bits per heavy atom. The Kier molecular flexibility index (Phi) is 7.56. The van der Waals surface area contributed by atoms with Gasteiger partial charge in [0.1, 0.15) is 17.7 Å². The number of carbonyl (C=O) groups excluding carboxylic acids is 1. The monoisotopic (exact) mass is 500 g/mol. The first kappa shape index (κ1) is 25.4. The van der Waals surface area contributed by atoms with Crippen molar-refractivity contribution >= 4 is 12.3 Å². The lowest BCUT2D eigenvalue weighted by molar-refractivity contribution is -0.132. The highest BCUT2D eigenvalue weighted by molar-refractivity contribution is 5.88. The zero-order chi connectivity index (χ0) is 25.8. The summed E-state index contributed by atoms with van der Waals surface area (Å²) in [6, 6.07) is 18.4. The van der Waals surface area contributed by atoms with Gasteiger partial charge >= 0.3 is 0 Å². The van der Waals surface area contributed by atoms with Gasteiger partial charge in [-0.3, -0.25) is 14.7 Å². The van der Waals surface area contributed by atoms with Crippen LogP contribution in [0.2, 0.25) is 0 Å². The molecule has 2 heterocycles. The van der Waals surface area contributed by atoms with Crippen molar-refractivity contribution in [1.29, 1.82) is 5.26 Å². The second-order valence-corrected chi connectivity index (χ2v) is 10.6. The van der Waals surface area contributed by atoms with Crippen molar-refractivity contribution in [3.8, 4) is 17.2 Å². The van der Waals surface area contributed by atoms with Crippen molar-refractivity contribution in [3.05, 3.63) is 59.7 Å². The lowest BCUT2D eigenvalue weighted by Crippen LogP contribution is -2.66. The van der Waals surface area contributed by atoms with Crippen LogP contribution in [-0.2, 0) is 22.5 Å². The lowest BCUT2D eigenvalue weighted by atomic mass is 9.76. The first-order valence-electron chi connectivity index (χ1n) is 13.2. The number of nitrogens with two attached hydrogens (primary N) is 1. The number of hydrogen-bond acceptors (Lipinski definition) is 7. The van der Waals surface area contributed by atoms with E-state index >= 15 is 0 Å². The number of nitrogens with zero attached hydrogens (tertiary/aromatic N) is 4. The van der Waals surface area contributed by atoms with Crippen molar-refractivity contribution in [1.82, 2.24) is 15.1 Å². The minimum atomic E-state index is -1.17. The first-order valence-corrected chi connectivity index (χ1v) is 13.2. The third-order valence-corrected chi connectivity index (χ3v) is 7.97. The Bertz CT molecular complexity index is 1150. The van der Waals surface area contributed by atoms with Gasteiger partial charge in [0.25, 0.3) is 0 Å². The zero-order valence-corrected chi connectivity index (χ0v) is 21.5. The normalized spacial score (nSPS) is 26.6. The van der Waals surface area contributed by atoms with Gasteiger partial charge in [-0.15, -0.1) is 0 Å². The molecule has 3 aliphatic rings. The fourth-order valence-corrected chi connectivity index (χ4v) is 5.58. The Morgan fingerprint density at radius 1 is 1.14 bits per heavy atom. The van der Waals surface area contributed by atoms with Crippen LogP contribution < -0.4 is 11.1 Å². The Morgan fingerprint density at radius 3 is 2.43 bits per heavy atom. The van der Waals surface area contributed by atoms with E-state index in [2.05, 4.69) is 69.6 Å². The van der Waals surface area contributed by atoms with E-state index in [4.69, 9.17) is 10.5 Å². The number of nitrogens with one attached hydrogen (secondary N) is 1. The summed E-state index contributed by atoms with van der Waals surface area (Å²) >= 11 is 0. The third-order valence-electron chi connectivity index (χ3n) is 7.97. The SMILES string of the molecule is CN1CCN(Cc2ccc(-c3ccc(CC(C#N)NC(=O)C4(N)CCCC5N=COC54)cc3)cc2)CC1. The average Bonchev–Trinajstić information content (AvgIpc) is 3.41. The van der Waals surface area contributed by atoms with Gasteiger partial charge in [-0.2, -0.15) is 5.26 Å². The van der Waals surface area contributed by atoms with E-state index in [0.717, 1.165) is 62.3 Å². The summed E-state index contributed by atoms with van der Waals surface area (Å²) in [6.07, 6.45) is 3.54. The number of piperazine rings is 1. The minimum Gasteiger partial charge on any atom is -0.476 e. The van der Waals surface area contributed by atoms with Gasteiger partial charge in [0, 0.05) is 39.1 Å². The van der Waals surface area contributed by atoms with E-state index in [1.807, 2.05) is 12.1 Å². The summed E-state index contributed by atoms with van der Waals surface area (Å²) in [5.41, 5.74) is 9.93. The van der Waals surface area contributed by atoms with Gasteiger partial charge < -0.3 is 20.7 Å². The number of carbonyl (C=O) groups is 1. The molecule has 1 saturated carbocycles. The predicted octanol–water partition coefficient (Wildman–Crippen LogP) is 2.33. The van der Waals surface area contributed by atoms with Gasteiger partial charge in [0.2, 0.25) is 5.91 Å². The second kappa shape index (κ2) is 11.0. The highest BCUT2D eigenvalue weighted by Gasteiger charge is 2.51. The molecule has 8 nitrogen and oxygen atoms in total. The number of nitriles is 1. The Balaban J connectivity index is 1.17. The number of hydrogen-bond donors (Lipinski definition) is 2. The van der Waals surface area contributed by atoms with Gasteiger partial charge in [-0.05, 0) is 48.6 Å². The Hall–Kier alpha value is -3.25. The fraction of sp³-hybridized carbons (Fsp3) is 0.483. The molecule has 1 amide bonds. The molecule has 37 heavy (non-hydrogen) atoms. The summed E-state index contributed by atoms with van der Waals surface area (Å²) in [5, 5.41) is 12.6. The van der Waals surface area contributed by atoms with Crippen LogP contribution in [0.1, 0.15) is 30.4 Å². The highest BCUT2D eigenvalue weighted by Crippen LogP contribution is 2.33. The van der Waals surface area contributed by atoms with Crippen molar-refractivity contribution in [2.45, 2.75) is 56.0 Å². The van der Waals surface area contributed by atoms with Crippen LogP contribution in [0.5, 0.6) is 0 Å². The molecule has 5 rings (SSSR count). The largest absolute Gasteiger partial charge is 0.476 e. The van der Waals surface area contributed by atoms with E-state index in [9.17, 15) is 10.1 Å². The van der Waals surface area contributed by atoms with Crippen LogP contribution in [0.15, 0.2) is 53.5 Å². The van der Waals surface area contributed by atoms with Crippen LogP contribution in [0.4, 0.5) is 0 Å². The minimum absolute atomic E-state index is 0.0848. The van der Waals surface area contributed by atoms with Crippen LogP contribution in [0.3, 0.4) is 0 Å². The van der Waals surface area contributed by atoms with Crippen LogP contribution in [0, 0.1) is 11.3 Å². The second-order valence-electron chi connectivity index (χ2n) is 10.6. The van der Waals surface area contributed by atoms with E-state index in [1.165, 1.54) is 12.0 Å². The maximum Gasteiger partial charge on any atom is 0.245 e. The Labute approximate surface area is 219 Å². The third kappa shape index (κ3) is 5.69. The predicted molar refractivity (Wildman–Crippen MR) is 144 cm³/mol. The number of aliphatic imine (C=N–C) groups is 1. The molecule has 4 unspecified atom stereocenters. The van der Waals surface area contributed by atoms with Gasteiger partial charge in [-0.25, -0.2) is 0 Å². The molecule has 2 aromatic carbocycles. The van der Waals surface area contributed by atoms with Crippen LogP contribution in [0.25, 0.3) is 11.1 Å². The summed E-state index contributed by atoms with van der Waals surface area (Å²) in [4.78, 5) is 22.3. The molecule has 1 aliphatic carbocycles. The standard InChI is InChI=1S/C29H36N6O2/c1-34-13-15-35(16-14-34)19-22-6-10-24(11-7-22)23-8-4-21(5-9-23)17-25(18-30)33-28(36)29(31)12-2-3-26-27(29)37-20-32-26/h4-11,20,25-27H,2-3,12-17,19,31H2,1H3,(H,33,36). The molecule has 194 valence electrons. The summed E-state index contributed by atoms with van der Waals surface area (Å²) in [5.74, 6) is -0.340. The van der Waals surface area contributed by atoms with Gasteiger partial charge in [0.05, 0.1) is 12.1 Å². The quantitative estimate of drug-likeness (QED) is 0.604. The molecule has 2 fully saturated rings. The molecular weight excluding hydrogens is 464 g/mol. The lowest BCUT2D eigenvalue weighted by Gasteiger charge is -2.39. The topological polar surface area (TPSA) is 107 Å². The molecule has 2 aromatic rings. The average molecular weight is 501 g/mol. The van der Waals surface area contributed by atoms with E-state index in [1.54, 1.807) is 0 Å². The van der Waals surface area contributed by atoms with Crippen molar-refractivity contribution < 1.29 is 9.53 Å². The number of fused-ring (bicyclic) bond motifs is 1. The highest BCUT2D eigenvalue weighted by atomic mass is 16.5. The molecule has 8 heteroatoms. The van der Waals surface area contributed by atoms with E-state index in [-0.39, 0.29) is 11.9 Å². The van der Waals surface area contributed by atoms with Gasteiger partial charge in [0.15, 0.2) is 6.40 Å². The molecular formula is C29H36N6O2. The molecule has 0 aromatic heterocycles. The molecule has 2 aliphatic heterocycles. The first-order chi connectivity index (χ1) is 17.9. The van der Waals surface area contributed by atoms with E-state index in [0.29, 0.717) is 12.8 Å². The zero-order valence-electron chi connectivity index (χ0n) is 21.5. The number of benzene rings is 2. The molecule has 0 radical (unpaired) electrons. The number of likely N-dealkylation sites (N-methyl/N-ethyl adjacent to an activating group) is 1. The maximum atomic E-state index is 13.1. The fourth-order valence-electron chi connectivity index (χ4n) is 5.58. The number of rotatable bonds is 7. The van der Waals surface area contributed by atoms with Crippen LogP contribution >= 0.6 is 0 Å². The van der Waals surface area contributed by atoms with Crippen molar-refractivity contribution in [2.24, 2.45) is 10.7 Å². The van der Waals surface area contributed by atoms with Crippen molar-refractivity contribution in [3.63, 3.8) is 0 Å². The maximum absolute atomic E-state index is 13.1. The number of ether oxygens (including phenoxy) is 1. The molecule has 3 N–H and O–H groups in total. The molecule has 0 spiro atoms. The number of amides is 1. The molecule has 0 bridgehead atoms. The molecule has 1 saturated heterocycles.